The van der Waals surface area contributed by atoms with Gasteiger partial charge in [-0.1, -0.05) is 12.2 Å². The zero-order valence-corrected chi connectivity index (χ0v) is 13.0. The Bertz CT molecular complexity index is 435. The first-order valence-electron chi connectivity index (χ1n) is 7.30. The summed E-state index contributed by atoms with van der Waals surface area (Å²) in [6, 6.07) is 0. The van der Waals surface area contributed by atoms with E-state index in [-0.39, 0.29) is 18.8 Å². The molecular formula is C16H27NO3. The van der Waals surface area contributed by atoms with Gasteiger partial charge in [0, 0.05) is 18.5 Å². The monoisotopic (exact) mass is 281 g/mol. The molecule has 0 aromatic rings. The molecule has 3 N–H and O–H groups in total. The average molecular weight is 281 g/mol. The van der Waals surface area contributed by atoms with Gasteiger partial charge in [-0.2, -0.15) is 0 Å². The number of ether oxygens (including phenoxy) is 1. The van der Waals surface area contributed by atoms with Crippen LogP contribution in [-0.4, -0.2) is 41.1 Å². The van der Waals surface area contributed by atoms with Crippen molar-refractivity contribution < 1.29 is 14.9 Å². The SMILES string of the molecule is CC(C)(C)NCC1(CO)CC2=C(O1)C(C)(CO)C=CC2. The van der Waals surface area contributed by atoms with Crippen molar-refractivity contribution in [2.24, 2.45) is 5.41 Å². The summed E-state index contributed by atoms with van der Waals surface area (Å²) in [5, 5.41) is 22.9. The summed E-state index contributed by atoms with van der Waals surface area (Å²) in [4.78, 5) is 0. The molecule has 1 heterocycles. The molecule has 0 amide bonds. The molecule has 4 heteroatoms. The maximum Gasteiger partial charge on any atom is 0.148 e. The Balaban J connectivity index is 2.15. The first-order valence-corrected chi connectivity index (χ1v) is 7.30. The highest BCUT2D eigenvalue weighted by Crippen LogP contribution is 2.47. The number of rotatable bonds is 4. The van der Waals surface area contributed by atoms with Gasteiger partial charge in [0.25, 0.3) is 0 Å². The number of nitrogens with one attached hydrogen (secondary N) is 1. The molecule has 0 aromatic heterocycles. The highest BCUT2D eigenvalue weighted by molar-refractivity contribution is 5.34. The third-order valence-corrected chi connectivity index (χ3v) is 4.10. The lowest BCUT2D eigenvalue weighted by Gasteiger charge is -2.35. The molecule has 2 rings (SSSR count). The molecule has 2 aliphatic rings. The van der Waals surface area contributed by atoms with E-state index in [0.717, 1.165) is 18.6 Å². The van der Waals surface area contributed by atoms with E-state index in [1.807, 2.05) is 13.0 Å². The molecule has 114 valence electrons. The average Bonchev–Trinajstić information content (AvgIpc) is 2.77. The van der Waals surface area contributed by atoms with E-state index in [4.69, 9.17) is 4.74 Å². The maximum absolute atomic E-state index is 9.83. The van der Waals surface area contributed by atoms with Crippen molar-refractivity contribution in [2.75, 3.05) is 19.8 Å². The van der Waals surface area contributed by atoms with Crippen LogP contribution in [0.15, 0.2) is 23.5 Å². The second-order valence-corrected chi connectivity index (χ2v) is 7.34. The van der Waals surface area contributed by atoms with Crippen LogP contribution in [0.4, 0.5) is 0 Å². The Kier molecular flexibility index (Phi) is 4.02. The van der Waals surface area contributed by atoms with Gasteiger partial charge >= 0.3 is 0 Å². The van der Waals surface area contributed by atoms with Gasteiger partial charge in [-0.15, -0.1) is 0 Å². The molecule has 1 aliphatic carbocycles. The number of aliphatic hydroxyl groups excluding tert-OH is 2. The third-order valence-electron chi connectivity index (χ3n) is 4.10. The van der Waals surface area contributed by atoms with Gasteiger partial charge in [0.2, 0.25) is 0 Å². The van der Waals surface area contributed by atoms with Gasteiger partial charge in [-0.3, -0.25) is 0 Å². The first-order chi connectivity index (χ1) is 9.24. The first kappa shape index (κ1) is 15.5. The number of hydrogen-bond donors (Lipinski definition) is 3. The minimum absolute atomic E-state index is 0.0207. The van der Waals surface area contributed by atoms with Crippen molar-refractivity contribution in [2.45, 2.75) is 51.7 Å². The van der Waals surface area contributed by atoms with E-state index in [0.29, 0.717) is 6.54 Å². The van der Waals surface area contributed by atoms with Crippen LogP contribution < -0.4 is 5.32 Å². The molecule has 2 atom stereocenters. The predicted molar refractivity (Wildman–Crippen MR) is 79.3 cm³/mol. The summed E-state index contributed by atoms with van der Waals surface area (Å²) in [6.45, 7) is 8.87. The van der Waals surface area contributed by atoms with Crippen molar-refractivity contribution in [1.29, 1.82) is 0 Å². The second kappa shape index (κ2) is 5.17. The van der Waals surface area contributed by atoms with Crippen LogP contribution in [0.1, 0.15) is 40.5 Å². The number of allylic oxidation sites excluding steroid dienone is 1. The number of hydrogen-bond acceptors (Lipinski definition) is 4. The van der Waals surface area contributed by atoms with Crippen LogP contribution in [0.5, 0.6) is 0 Å². The van der Waals surface area contributed by atoms with Crippen molar-refractivity contribution >= 4 is 0 Å². The van der Waals surface area contributed by atoms with Crippen LogP contribution in [0, 0.1) is 5.41 Å². The van der Waals surface area contributed by atoms with Gasteiger partial charge in [0.1, 0.15) is 11.4 Å². The van der Waals surface area contributed by atoms with Gasteiger partial charge in [-0.05, 0) is 39.7 Å². The van der Waals surface area contributed by atoms with Crippen molar-refractivity contribution in [3.63, 3.8) is 0 Å². The fourth-order valence-electron chi connectivity index (χ4n) is 2.81. The predicted octanol–water partition coefficient (Wildman–Crippen LogP) is 1.74. The molecule has 4 nitrogen and oxygen atoms in total. The standard InChI is InChI=1S/C16H27NO3/c1-14(2,3)17-9-16(11-19)8-12-6-5-7-15(4,10-18)13(12)20-16/h5,7,17-19H,6,8-11H2,1-4H3. The Morgan fingerprint density at radius 1 is 1.30 bits per heavy atom. The van der Waals surface area contributed by atoms with Crippen molar-refractivity contribution in [1.82, 2.24) is 5.32 Å². The van der Waals surface area contributed by atoms with E-state index in [1.165, 1.54) is 5.57 Å². The van der Waals surface area contributed by atoms with Crippen LogP contribution in [-0.2, 0) is 4.74 Å². The second-order valence-electron chi connectivity index (χ2n) is 7.34. The normalized spacial score (nSPS) is 33.3. The summed E-state index contributed by atoms with van der Waals surface area (Å²) in [5.41, 5.74) is 0.133. The molecule has 0 saturated carbocycles. The number of aliphatic hydroxyl groups is 2. The largest absolute Gasteiger partial charge is 0.487 e. The third kappa shape index (κ3) is 2.92. The lowest BCUT2D eigenvalue weighted by atomic mass is 9.81. The zero-order chi connectivity index (χ0) is 15.0. The molecule has 0 saturated heterocycles. The molecule has 1 aliphatic heterocycles. The van der Waals surface area contributed by atoms with Gasteiger partial charge in [0.15, 0.2) is 0 Å². The van der Waals surface area contributed by atoms with Crippen molar-refractivity contribution in [3.8, 4) is 0 Å². The topological polar surface area (TPSA) is 61.7 Å². The van der Waals surface area contributed by atoms with Crippen LogP contribution in [0.25, 0.3) is 0 Å². The van der Waals surface area contributed by atoms with Crippen molar-refractivity contribution in [3.05, 3.63) is 23.5 Å². The smallest absolute Gasteiger partial charge is 0.148 e. The minimum atomic E-state index is -0.597. The minimum Gasteiger partial charge on any atom is -0.487 e. The highest BCUT2D eigenvalue weighted by atomic mass is 16.5. The molecule has 2 unspecified atom stereocenters. The van der Waals surface area contributed by atoms with E-state index in [1.54, 1.807) is 0 Å². The fraction of sp³-hybridized carbons (Fsp3) is 0.750. The van der Waals surface area contributed by atoms with Crippen LogP contribution in [0.3, 0.4) is 0 Å². The van der Waals surface area contributed by atoms with E-state index < -0.39 is 11.0 Å². The van der Waals surface area contributed by atoms with E-state index in [9.17, 15) is 10.2 Å². The molecule has 0 fully saturated rings. The molecule has 20 heavy (non-hydrogen) atoms. The molecule has 0 radical (unpaired) electrons. The Morgan fingerprint density at radius 3 is 2.55 bits per heavy atom. The summed E-state index contributed by atoms with van der Waals surface area (Å²) in [7, 11) is 0. The summed E-state index contributed by atoms with van der Waals surface area (Å²) in [6.07, 6.45) is 5.67. The molecular weight excluding hydrogens is 254 g/mol. The lowest BCUT2D eigenvalue weighted by Crippen LogP contribution is -2.50. The maximum atomic E-state index is 9.83. The Hall–Kier alpha value is -0.840. The molecule has 0 bridgehead atoms. The molecule has 0 spiro atoms. The molecule has 0 aromatic carbocycles. The Morgan fingerprint density at radius 2 is 2.00 bits per heavy atom. The van der Waals surface area contributed by atoms with Gasteiger partial charge in [0.05, 0.1) is 18.6 Å². The summed E-state index contributed by atoms with van der Waals surface area (Å²) >= 11 is 0. The highest BCUT2D eigenvalue weighted by Gasteiger charge is 2.46. The van der Waals surface area contributed by atoms with Crippen LogP contribution in [0.2, 0.25) is 0 Å². The zero-order valence-electron chi connectivity index (χ0n) is 13.0. The van der Waals surface area contributed by atoms with Gasteiger partial charge < -0.3 is 20.3 Å². The summed E-state index contributed by atoms with van der Waals surface area (Å²) in [5.74, 6) is 0.854. The van der Waals surface area contributed by atoms with Crippen LogP contribution >= 0.6 is 0 Å². The Labute approximate surface area is 121 Å². The van der Waals surface area contributed by atoms with Gasteiger partial charge in [-0.25, -0.2) is 0 Å². The quantitative estimate of drug-likeness (QED) is 0.687. The van der Waals surface area contributed by atoms with E-state index in [2.05, 4.69) is 32.2 Å². The lowest BCUT2D eigenvalue weighted by molar-refractivity contribution is -0.0436. The fourth-order valence-corrected chi connectivity index (χ4v) is 2.81. The summed E-state index contributed by atoms with van der Waals surface area (Å²) < 4.78 is 6.16. The van der Waals surface area contributed by atoms with E-state index >= 15 is 0 Å².